The van der Waals surface area contributed by atoms with E-state index >= 15 is 0 Å². The van der Waals surface area contributed by atoms with Gasteiger partial charge in [-0.05, 0) is 26.2 Å². The van der Waals surface area contributed by atoms with Crippen molar-refractivity contribution in [3.63, 3.8) is 0 Å². The van der Waals surface area contributed by atoms with Crippen LogP contribution in [0.3, 0.4) is 0 Å². The average Bonchev–Trinajstić information content (AvgIpc) is 3.07. The van der Waals surface area contributed by atoms with E-state index in [0.29, 0.717) is 12.6 Å². The Labute approximate surface area is 99.2 Å². The van der Waals surface area contributed by atoms with Crippen molar-refractivity contribution in [2.75, 3.05) is 13.2 Å². The van der Waals surface area contributed by atoms with Gasteiger partial charge in [-0.15, -0.1) is 0 Å². The van der Waals surface area contributed by atoms with E-state index in [1.165, 1.54) is 32.1 Å². The molecule has 16 heavy (non-hydrogen) atoms. The SMILES string of the molecule is CCCCCCOCC(C)(C#N)NC1CC1. The minimum Gasteiger partial charge on any atom is -0.378 e. The van der Waals surface area contributed by atoms with Crippen LogP contribution in [-0.2, 0) is 4.74 Å². The van der Waals surface area contributed by atoms with E-state index < -0.39 is 5.54 Å². The summed E-state index contributed by atoms with van der Waals surface area (Å²) in [5.41, 5.74) is -0.494. The molecule has 0 spiro atoms. The first-order valence-corrected chi connectivity index (χ1v) is 6.47. The van der Waals surface area contributed by atoms with Gasteiger partial charge in [0.25, 0.3) is 0 Å². The Kier molecular flexibility index (Phi) is 5.79. The summed E-state index contributed by atoms with van der Waals surface area (Å²) in [4.78, 5) is 0. The second kappa shape index (κ2) is 6.88. The zero-order chi connectivity index (χ0) is 11.9. The van der Waals surface area contributed by atoms with Crippen LogP contribution in [0.15, 0.2) is 0 Å². The molecule has 1 aliphatic rings. The van der Waals surface area contributed by atoms with Crippen molar-refractivity contribution in [1.29, 1.82) is 5.26 Å². The molecule has 1 fully saturated rings. The third-order valence-corrected chi connectivity index (χ3v) is 2.88. The fraction of sp³-hybridized carbons (Fsp3) is 0.923. The Balaban J connectivity index is 2.06. The summed E-state index contributed by atoms with van der Waals surface area (Å²) < 4.78 is 5.58. The lowest BCUT2D eigenvalue weighted by Crippen LogP contribution is -2.46. The standard InChI is InChI=1S/C13H24N2O/c1-3-4-5-6-9-16-11-13(2,10-14)15-12-7-8-12/h12,15H,3-9,11H2,1-2H3. The number of ether oxygens (including phenoxy) is 1. The zero-order valence-corrected chi connectivity index (χ0v) is 10.6. The van der Waals surface area contributed by atoms with E-state index in [0.717, 1.165) is 13.0 Å². The van der Waals surface area contributed by atoms with Gasteiger partial charge in [0.05, 0.1) is 12.7 Å². The molecule has 92 valence electrons. The fourth-order valence-corrected chi connectivity index (χ4v) is 1.69. The van der Waals surface area contributed by atoms with Gasteiger partial charge in [-0.1, -0.05) is 26.2 Å². The van der Waals surface area contributed by atoms with Gasteiger partial charge in [0.1, 0.15) is 5.54 Å². The predicted molar refractivity (Wildman–Crippen MR) is 65.1 cm³/mol. The molecule has 0 aromatic carbocycles. The molecule has 1 atom stereocenters. The molecular weight excluding hydrogens is 200 g/mol. The van der Waals surface area contributed by atoms with Crippen LogP contribution < -0.4 is 5.32 Å². The molecule has 0 aromatic rings. The van der Waals surface area contributed by atoms with Crippen molar-refractivity contribution < 1.29 is 4.74 Å². The molecule has 1 saturated carbocycles. The van der Waals surface area contributed by atoms with E-state index in [1.54, 1.807) is 0 Å². The summed E-state index contributed by atoms with van der Waals surface area (Å²) in [7, 11) is 0. The molecule has 1 N–H and O–H groups in total. The molecule has 1 unspecified atom stereocenters. The monoisotopic (exact) mass is 224 g/mol. The number of hydrogen-bond donors (Lipinski definition) is 1. The summed E-state index contributed by atoms with van der Waals surface area (Å²) in [6.07, 6.45) is 7.27. The Morgan fingerprint density at radius 1 is 1.38 bits per heavy atom. The molecule has 1 rings (SSSR count). The summed E-state index contributed by atoms with van der Waals surface area (Å²) in [5, 5.41) is 12.4. The lowest BCUT2D eigenvalue weighted by molar-refractivity contribution is 0.0915. The number of rotatable bonds is 9. The lowest BCUT2D eigenvalue weighted by atomic mass is 10.1. The van der Waals surface area contributed by atoms with Gasteiger partial charge in [-0.2, -0.15) is 5.26 Å². The molecule has 0 radical (unpaired) electrons. The fourth-order valence-electron chi connectivity index (χ4n) is 1.69. The molecule has 0 amide bonds. The normalized spacial score (nSPS) is 19.1. The Morgan fingerprint density at radius 3 is 2.69 bits per heavy atom. The van der Waals surface area contributed by atoms with Crippen LogP contribution in [0.25, 0.3) is 0 Å². The highest BCUT2D eigenvalue weighted by atomic mass is 16.5. The molecule has 0 aromatic heterocycles. The van der Waals surface area contributed by atoms with Crippen molar-refractivity contribution in [2.24, 2.45) is 0 Å². The zero-order valence-electron chi connectivity index (χ0n) is 10.6. The molecule has 3 nitrogen and oxygen atoms in total. The molecular formula is C13H24N2O. The van der Waals surface area contributed by atoms with Gasteiger partial charge in [-0.3, -0.25) is 5.32 Å². The molecule has 3 heteroatoms. The van der Waals surface area contributed by atoms with E-state index in [-0.39, 0.29) is 0 Å². The van der Waals surface area contributed by atoms with Gasteiger partial charge < -0.3 is 4.74 Å². The highest BCUT2D eigenvalue weighted by Crippen LogP contribution is 2.22. The van der Waals surface area contributed by atoms with Gasteiger partial charge in [0.15, 0.2) is 0 Å². The Bertz CT molecular complexity index is 233. The van der Waals surface area contributed by atoms with Crippen LogP contribution in [0, 0.1) is 11.3 Å². The minimum absolute atomic E-state index is 0.494. The molecule has 0 bridgehead atoms. The van der Waals surface area contributed by atoms with E-state index in [4.69, 9.17) is 10.00 Å². The number of nitrogens with zero attached hydrogens (tertiary/aromatic N) is 1. The smallest absolute Gasteiger partial charge is 0.127 e. The summed E-state index contributed by atoms with van der Waals surface area (Å²) in [6.45, 7) is 5.42. The van der Waals surface area contributed by atoms with Crippen LogP contribution in [0.5, 0.6) is 0 Å². The lowest BCUT2D eigenvalue weighted by Gasteiger charge is -2.23. The molecule has 0 saturated heterocycles. The maximum absolute atomic E-state index is 9.11. The molecule has 0 aliphatic heterocycles. The van der Waals surface area contributed by atoms with Crippen molar-refractivity contribution in [3.8, 4) is 6.07 Å². The predicted octanol–water partition coefficient (Wildman–Crippen LogP) is 2.62. The van der Waals surface area contributed by atoms with Gasteiger partial charge in [-0.25, -0.2) is 0 Å². The van der Waals surface area contributed by atoms with E-state index in [9.17, 15) is 0 Å². The Hall–Kier alpha value is -0.590. The van der Waals surface area contributed by atoms with E-state index in [2.05, 4.69) is 18.3 Å². The quantitative estimate of drug-likeness (QED) is 0.612. The highest BCUT2D eigenvalue weighted by molar-refractivity contribution is 5.07. The van der Waals surface area contributed by atoms with Crippen LogP contribution in [0.1, 0.15) is 52.4 Å². The summed E-state index contributed by atoms with van der Waals surface area (Å²) in [6, 6.07) is 2.87. The van der Waals surface area contributed by atoms with Crippen LogP contribution in [-0.4, -0.2) is 24.8 Å². The Morgan fingerprint density at radius 2 is 2.12 bits per heavy atom. The average molecular weight is 224 g/mol. The molecule has 1 aliphatic carbocycles. The summed E-state index contributed by atoms with van der Waals surface area (Å²) in [5.74, 6) is 0. The first-order valence-electron chi connectivity index (χ1n) is 6.47. The first-order chi connectivity index (χ1) is 7.70. The van der Waals surface area contributed by atoms with Crippen molar-refractivity contribution in [3.05, 3.63) is 0 Å². The topological polar surface area (TPSA) is 45.0 Å². The minimum atomic E-state index is -0.494. The second-order valence-corrected chi connectivity index (χ2v) is 4.98. The largest absolute Gasteiger partial charge is 0.378 e. The number of nitrogens with one attached hydrogen (secondary N) is 1. The molecule has 0 heterocycles. The third kappa shape index (κ3) is 5.48. The van der Waals surface area contributed by atoms with Gasteiger partial charge in [0, 0.05) is 12.6 Å². The highest BCUT2D eigenvalue weighted by Gasteiger charge is 2.32. The maximum Gasteiger partial charge on any atom is 0.127 e. The van der Waals surface area contributed by atoms with Gasteiger partial charge in [0.2, 0.25) is 0 Å². The number of unbranched alkanes of at least 4 members (excludes halogenated alkanes) is 3. The summed E-state index contributed by atoms with van der Waals surface area (Å²) >= 11 is 0. The number of nitriles is 1. The van der Waals surface area contributed by atoms with E-state index in [1.807, 2.05) is 6.92 Å². The van der Waals surface area contributed by atoms with Crippen molar-refractivity contribution >= 4 is 0 Å². The number of hydrogen-bond acceptors (Lipinski definition) is 3. The van der Waals surface area contributed by atoms with Gasteiger partial charge >= 0.3 is 0 Å². The maximum atomic E-state index is 9.11. The van der Waals surface area contributed by atoms with Crippen LogP contribution in [0.4, 0.5) is 0 Å². The van der Waals surface area contributed by atoms with Crippen LogP contribution in [0.2, 0.25) is 0 Å². The van der Waals surface area contributed by atoms with Crippen LogP contribution >= 0.6 is 0 Å². The second-order valence-electron chi connectivity index (χ2n) is 4.98. The first kappa shape index (κ1) is 13.5. The van der Waals surface area contributed by atoms with Crippen molar-refractivity contribution in [1.82, 2.24) is 5.32 Å². The van der Waals surface area contributed by atoms with Crippen molar-refractivity contribution in [2.45, 2.75) is 64.0 Å². The third-order valence-electron chi connectivity index (χ3n) is 2.88.